The predicted octanol–water partition coefficient (Wildman–Crippen LogP) is 2.62. The van der Waals surface area contributed by atoms with E-state index < -0.39 is 28.9 Å². The van der Waals surface area contributed by atoms with Crippen LogP contribution in [0.4, 0.5) is 20.2 Å². The molecule has 108 valence electrons. The van der Waals surface area contributed by atoms with Gasteiger partial charge in [-0.05, 0) is 18.9 Å². The number of nitrogens with two attached hydrogens (primary N) is 1. The molecule has 2 rings (SSSR count). The number of rotatable bonds is 3. The van der Waals surface area contributed by atoms with E-state index in [1.165, 1.54) is 0 Å². The van der Waals surface area contributed by atoms with Crippen LogP contribution in [0.5, 0.6) is 0 Å². The number of anilines is 2. The summed E-state index contributed by atoms with van der Waals surface area (Å²) in [7, 11) is 0. The van der Waals surface area contributed by atoms with E-state index in [0.717, 1.165) is 11.0 Å². The molecular formula is C14H16F2N2O2. The van der Waals surface area contributed by atoms with E-state index in [1.807, 2.05) is 13.8 Å². The molecule has 2 N–H and O–H groups in total. The molecular weight excluding hydrogens is 266 g/mol. The van der Waals surface area contributed by atoms with E-state index in [-0.39, 0.29) is 17.8 Å². The van der Waals surface area contributed by atoms with Crippen LogP contribution in [0, 0.1) is 17.0 Å². The lowest BCUT2D eigenvalue weighted by Crippen LogP contribution is -2.36. The fourth-order valence-electron chi connectivity index (χ4n) is 2.65. The SMILES string of the molecule is CCC1(CC)CC(=O)N(c2c(N)cc(F)cc2F)C1=O. The topological polar surface area (TPSA) is 63.4 Å². The summed E-state index contributed by atoms with van der Waals surface area (Å²) < 4.78 is 27.0. The smallest absolute Gasteiger partial charge is 0.240 e. The number of hydrogen-bond donors (Lipinski definition) is 1. The minimum atomic E-state index is -1.01. The lowest BCUT2D eigenvalue weighted by atomic mass is 9.81. The zero-order valence-electron chi connectivity index (χ0n) is 11.4. The highest BCUT2D eigenvalue weighted by Crippen LogP contribution is 2.43. The summed E-state index contributed by atoms with van der Waals surface area (Å²) in [6.07, 6.45) is 0.982. The van der Waals surface area contributed by atoms with Gasteiger partial charge in [-0.2, -0.15) is 0 Å². The zero-order chi connectivity index (χ0) is 15.1. The van der Waals surface area contributed by atoms with Crippen molar-refractivity contribution in [1.82, 2.24) is 0 Å². The van der Waals surface area contributed by atoms with Crippen LogP contribution in [0.15, 0.2) is 12.1 Å². The molecule has 0 bridgehead atoms. The molecule has 0 atom stereocenters. The van der Waals surface area contributed by atoms with Crippen molar-refractivity contribution in [1.29, 1.82) is 0 Å². The van der Waals surface area contributed by atoms with Gasteiger partial charge in [-0.1, -0.05) is 13.8 Å². The summed E-state index contributed by atoms with van der Waals surface area (Å²) in [6, 6.07) is 1.51. The summed E-state index contributed by atoms with van der Waals surface area (Å²) in [6.45, 7) is 3.62. The van der Waals surface area contributed by atoms with Crippen molar-refractivity contribution in [2.45, 2.75) is 33.1 Å². The van der Waals surface area contributed by atoms with Crippen molar-refractivity contribution in [3.05, 3.63) is 23.8 Å². The molecule has 1 aliphatic rings. The number of benzene rings is 1. The third-order valence-electron chi connectivity index (χ3n) is 4.03. The summed E-state index contributed by atoms with van der Waals surface area (Å²) in [4.78, 5) is 25.3. The van der Waals surface area contributed by atoms with E-state index in [0.29, 0.717) is 18.9 Å². The van der Waals surface area contributed by atoms with Gasteiger partial charge in [0.15, 0.2) is 5.82 Å². The van der Waals surface area contributed by atoms with Crippen molar-refractivity contribution in [2.24, 2.45) is 5.41 Å². The fourth-order valence-corrected chi connectivity index (χ4v) is 2.65. The molecule has 1 aromatic rings. The van der Waals surface area contributed by atoms with E-state index >= 15 is 0 Å². The molecule has 0 saturated carbocycles. The third-order valence-corrected chi connectivity index (χ3v) is 4.03. The Morgan fingerprint density at radius 1 is 1.25 bits per heavy atom. The number of carbonyl (C=O) groups excluding carboxylic acids is 2. The third kappa shape index (κ3) is 1.95. The summed E-state index contributed by atoms with van der Waals surface area (Å²) in [5.74, 6) is -2.83. The molecule has 4 nitrogen and oxygen atoms in total. The second-order valence-electron chi connectivity index (χ2n) is 5.02. The molecule has 1 fully saturated rings. The lowest BCUT2D eigenvalue weighted by Gasteiger charge is -2.24. The fraction of sp³-hybridized carbons (Fsp3) is 0.429. The summed E-state index contributed by atoms with van der Waals surface area (Å²) in [5.41, 5.74) is 4.16. The van der Waals surface area contributed by atoms with Gasteiger partial charge in [-0.25, -0.2) is 13.7 Å². The number of amides is 2. The Morgan fingerprint density at radius 2 is 1.85 bits per heavy atom. The monoisotopic (exact) mass is 282 g/mol. The number of nitrogen functional groups attached to an aromatic ring is 1. The first kappa shape index (κ1) is 14.4. The first-order valence-electron chi connectivity index (χ1n) is 6.48. The van der Waals surface area contributed by atoms with Crippen molar-refractivity contribution >= 4 is 23.2 Å². The standard InChI is InChI=1S/C14H16F2N2O2/c1-3-14(4-2)7-11(19)18(13(14)20)12-9(16)5-8(15)6-10(12)17/h5-6H,3-4,7,17H2,1-2H3. The van der Waals surface area contributed by atoms with E-state index in [1.54, 1.807) is 0 Å². The molecule has 0 radical (unpaired) electrons. The Hall–Kier alpha value is -1.98. The Morgan fingerprint density at radius 3 is 2.30 bits per heavy atom. The van der Waals surface area contributed by atoms with Gasteiger partial charge < -0.3 is 5.73 Å². The molecule has 1 aromatic carbocycles. The maximum atomic E-state index is 13.9. The average molecular weight is 282 g/mol. The second kappa shape index (κ2) is 4.85. The number of carbonyl (C=O) groups is 2. The number of nitrogens with zero attached hydrogens (tertiary/aromatic N) is 1. The van der Waals surface area contributed by atoms with Crippen molar-refractivity contribution in [3.63, 3.8) is 0 Å². The van der Waals surface area contributed by atoms with Crippen LogP contribution in [0.3, 0.4) is 0 Å². The maximum absolute atomic E-state index is 13.9. The Labute approximate surface area is 115 Å². The first-order valence-corrected chi connectivity index (χ1v) is 6.48. The van der Waals surface area contributed by atoms with Gasteiger partial charge in [-0.15, -0.1) is 0 Å². The first-order chi connectivity index (χ1) is 9.36. The highest BCUT2D eigenvalue weighted by atomic mass is 19.1. The largest absolute Gasteiger partial charge is 0.397 e. The molecule has 1 aliphatic heterocycles. The van der Waals surface area contributed by atoms with Gasteiger partial charge in [0.05, 0.1) is 11.1 Å². The highest BCUT2D eigenvalue weighted by Gasteiger charge is 2.50. The van der Waals surface area contributed by atoms with Crippen molar-refractivity contribution in [3.8, 4) is 0 Å². The van der Waals surface area contributed by atoms with Gasteiger partial charge in [0.2, 0.25) is 11.8 Å². The predicted molar refractivity (Wildman–Crippen MR) is 70.9 cm³/mol. The van der Waals surface area contributed by atoms with Crippen molar-refractivity contribution in [2.75, 3.05) is 10.6 Å². The maximum Gasteiger partial charge on any atom is 0.240 e. The molecule has 2 amide bonds. The molecule has 0 aliphatic carbocycles. The van der Waals surface area contributed by atoms with Gasteiger partial charge in [0, 0.05) is 12.5 Å². The van der Waals surface area contributed by atoms with Gasteiger partial charge in [-0.3, -0.25) is 9.59 Å². The second-order valence-corrected chi connectivity index (χ2v) is 5.02. The summed E-state index contributed by atoms with van der Waals surface area (Å²) >= 11 is 0. The van der Waals surface area contributed by atoms with Crippen molar-refractivity contribution < 1.29 is 18.4 Å². The quantitative estimate of drug-likeness (QED) is 0.684. The van der Waals surface area contributed by atoms with Crippen LogP contribution in [-0.4, -0.2) is 11.8 Å². The lowest BCUT2D eigenvalue weighted by molar-refractivity contribution is -0.126. The Bertz CT molecular complexity index is 560. The Balaban J connectivity index is 2.55. The van der Waals surface area contributed by atoms with E-state index in [4.69, 9.17) is 5.73 Å². The van der Waals surface area contributed by atoms with Gasteiger partial charge >= 0.3 is 0 Å². The normalized spacial score (nSPS) is 17.9. The van der Waals surface area contributed by atoms with Crippen LogP contribution in [-0.2, 0) is 9.59 Å². The number of hydrogen-bond acceptors (Lipinski definition) is 3. The zero-order valence-corrected chi connectivity index (χ0v) is 11.4. The minimum Gasteiger partial charge on any atom is -0.397 e. The average Bonchev–Trinajstić information content (AvgIpc) is 2.62. The molecule has 0 spiro atoms. The van der Waals surface area contributed by atoms with Crippen LogP contribution in [0.25, 0.3) is 0 Å². The van der Waals surface area contributed by atoms with Gasteiger partial charge in [0.25, 0.3) is 0 Å². The minimum absolute atomic E-state index is 0.0229. The molecule has 0 unspecified atom stereocenters. The van der Waals surface area contributed by atoms with E-state index in [2.05, 4.69) is 0 Å². The van der Waals surface area contributed by atoms with Crippen LogP contribution in [0.2, 0.25) is 0 Å². The summed E-state index contributed by atoms with van der Waals surface area (Å²) in [5, 5.41) is 0. The van der Waals surface area contributed by atoms with Crippen LogP contribution in [0.1, 0.15) is 33.1 Å². The highest BCUT2D eigenvalue weighted by molar-refractivity contribution is 6.23. The van der Waals surface area contributed by atoms with Gasteiger partial charge in [0.1, 0.15) is 11.5 Å². The van der Waals surface area contributed by atoms with Crippen LogP contribution >= 0.6 is 0 Å². The molecule has 1 saturated heterocycles. The molecule has 20 heavy (non-hydrogen) atoms. The molecule has 1 heterocycles. The van der Waals surface area contributed by atoms with E-state index in [9.17, 15) is 18.4 Å². The molecule has 6 heteroatoms. The molecule has 0 aromatic heterocycles. The number of imide groups is 1. The Kier molecular flexibility index (Phi) is 3.50. The number of halogens is 2. The van der Waals surface area contributed by atoms with Crippen LogP contribution < -0.4 is 10.6 Å².